The largest absolute Gasteiger partial charge is 0.462 e. The van der Waals surface area contributed by atoms with Gasteiger partial charge >= 0.3 is 11.9 Å². The fourth-order valence-corrected chi connectivity index (χ4v) is 4.37. The van der Waals surface area contributed by atoms with Crippen molar-refractivity contribution in [2.75, 3.05) is 13.2 Å². The molecule has 1 N–H and O–H groups in total. The molecular weight excluding hydrogens is 464 g/mol. The van der Waals surface area contributed by atoms with Gasteiger partial charge in [-0.25, -0.2) is 0 Å². The van der Waals surface area contributed by atoms with Gasteiger partial charge in [0.05, 0.1) is 6.61 Å². The Balaban J connectivity index is 3.60. The van der Waals surface area contributed by atoms with Crippen LogP contribution in [0.2, 0.25) is 0 Å². The third kappa shape index (κ3) is 27.5. The van der Waals surface area contributed by atoms with Crippen molar-refractivity contribution in [3.8, 4) is 0 Å². The molecule has 0 amide bonds. The number of unbranched alkanes of at least 4 members (excludes halogenated alkanes) is 18. The van der Waals surface area contributed by atoms with Gasteiger partial charge in [-0.3, -0.25) is 9.59 Å². The maximum atomic E-state index is 12.0. The summed E-state index contributed by atoms with van der Waals surface area (Å²) in [5.41, 5.74) is 0. The van der Waals surface area contributed by atoms with Crippen LogP contribution in [0.1, 0.15) is 162 Å². The Morgan fingerprint density at radius 2 is 1.00 bits per heavy atom. The van der Waals surface area contributed by atoms with Gasteiger partial charge in [-0.05, 0) is 38.5 Å². The van der Waals surface area contributed by atoms with Crippen LogP contribution in [-0.4, -0.2) is 36.4 Å². The number of aliphatic hydroxyl groups excluding tert-OH is 1. The Kier molecular flexibility index (Phi) is 28.1. The fourth-order valence-electron chi connectivity index (χ4n) is 4.37. The molecule has 0 aromatic heterocycles. The number of carbonyl (C=O) groups is 2. The van der Waals surface area contributed by atoms with Crippen molar-refractivity contribution in [2.24, 2.45) is 0 Å². The lowest BCUT2D eigenvalue weighted by Crippen LogP contribution is -2.28. The van der Waals surface area contributed by atoms with E-state index in [0.717, 1.165) is 44.9 Å². The summed E-state index contributed by atoms with van der Waals surface area (Å²) in [5.74, 6) is -0.600. The second-order valence-electron chi connectivity index (χ2n) is 10.5. The minimum atomic E-state index is -0.766. The minimum absolute atomic E-state index is 0.0644. The molecule has 0 aromatic carbocycles. The Morgan fingerprint density at radius 1 is 0.595 bits per heavy atom. The quantitative estimate of drug-likeness (QED) is 0.0628. The lowest BCUT2D eigenvalue weighted by Gasteiger charge is -2.15. The molecule has 0 rings (SSSR count). The maximum absolute atomic E-state index is 12.0. The average Bonchev–Trinajstić information content (AvgIpc) is 2.90. The van der Waals surface area contributed by atoms with E-state index in [4.69, 9.17) is 9.47 Å². The van der Waals surface area contributed by atoms with Crippen LogP contribution in [0.25, 0.3) is 0 Å². The lowest BCUT2D eigenvalue weighted by molar-refractivity contribution is -0.161. The van der Waals surface area contributed by atoms with Gasteiger partial charge in [-0.15, -0.1) is 0 Å². The first-order chi connectivity index (χ1) is 18.1. The highest BCUT2D eigenvalue weighted by Gasteiger charge is 2.16. The zero-order valence-electron chi connectivity index (χ0n) is 24.5. The Morgan fingerprint density at radius 3 is 1.51 bits per heavy atom. The van der Waals surface area contributed by atoms with Crippen LogP contribution in [0.4, 0.5) is 0 Å². The van der Waals surface area contributed by atoms with Crippen molar-refractivity contribution in [3.63, 3.8) is 0 Å². The average molecular weight is 525 g/mol. The topological polar surface area (TPSA) is 72.8 Å². The van der Waals surface area contributed by atoms with Gasteiger partial charge in [0.1, 0.15) is 6.61 Å². The Bertz CT molecular complexity index is 531. The Hall–Kier alpha value is -1.36. The van der Waals surface area contributed by atoms with Gasteiger partial charge in [-0.1, -0.05) is 122 Å². The molecule has 218 valence electrons. The van der Waals surface area contributed by atoms with Gasteiger partial charge in [-0.2, -0.15) is 0 Å². The molecule has 0 unspecified atom stereocenters. The van der Waals surface area contributed by atoms with E-state index >= 15 is 0 Å². The number of ether oxygens (including phenoxy) is 2. The first kappa shape index (κ1) is 35.6. The maximum Gasteiger partial charge on any atom is 0.306 e. The van der Waals surface area contributed by atoms with Crippen LogP contribution >= 0.6 is 0 Å². The van der Waals surface area contributed by atoms with Crippen LogP contribution in [0, 0.1) is 0 Å². The molecule has 0 saturated carbocycles. The van der Waals surface area contributed by atoms with E-state index in [2.05, 4.69) is 26.0 Å². The normalized spacial score (nSPS) is 12.2. The van der Waals surface area contributed by atoms with Gasteiger partial charge in [0.2, 0.25) is 0 Å². The summed E-state index contributed by atoms with van der Waals surface area (Å²) in [6, 6.07) is 0. The van der Waals surface area contributed by atoms with Gasteiger partial charge < -0.3 is 14.6 Å². The third-order valence-electron chi connectivity index (χ3n) is 6.81. The second-order valence-corrected chi connectivity index (χ2v) is 10.5. The number of allylic oxidation sites excluding steroid dienone is 2. The summed E-state index contributed by atoms with van der Waals surface area (Å²) in [6.45, 7) is 4.08. The first-order valence-electron chi connectivity index (χ1n) is 15.7. The van der Waals surface area contributed by atoms with Crippen LogP contribution < -0.4 is 0 Å². The SMILES string of the molecule is CCCCC/C=C/CCCCCCCC(=O)O[C@@H](CO)COC(=O)CCCCCCCCCCCCC. The molecule has 0 fully saturated rings. The van der Waals surface area contributed by atoms with Crippen molar-refractivity contribution in [1.82, 2.24) is 0 Å². The van der Waals surface area contributed by atoms with Crippen molar-refractivity contribution < 1.29 is 24.2 Å². The van der Waals surface area contributed by atoms with E-state index in [-0.39, 0.29) is 25.2 Å². The highest BCUT2D eigenvalue weighted by atomic mass is 16.6. The molecule has 0 radical (unpaired) electrons. The van der Waals surface area contributed by atoms with Gasteiger partial charge in [0.25, 0.3) is 0 Å². The van der Waals surface area contributed by atoms with Crippen LogP contribution in [-0.2, 0) is 19.1 Å². The third-order valence-corrected chi connectivity index (χ3v) is 6.81. The first-order valence-corrected chi connectivity index (χ1v) is 15.7. The summed E-state index contributed by atoms with van der Waals surface area (Å²) >= 11 is 0. The van der Waals surface area contributed by atoms with Gasteiger partial charge in [0.15, 0.2) is 6.10 Å². The number of carbonyl (C=O) groups excluding carboxylic acids is 2. The summed E-state index contributed by atoms with van der Waals surface area (Å²) in [7, 11) is 0. The lowest BCUT2D eigenvalue weighted by atomic mass is 10.1. The molecule has 37 heavy (non-hydrogen) atoms. The number of rotatable bonds is 28. The Labute approximate surface area is 229 Å². The highest BCUT2D eigenvalue weighted by molar-refractivity contribution is 5.70. The van der Waals surface area contributed by atoms with Crippen molar-refractivity contribution in [1.29, 1.82) is 0 Å². The summed E-state index contributed by atoms with van der Waals surface area (Å²) in [4.78, 5) is 24.0. The summed E-state index contributed by atoms with van der Waals surface area (Å²) in [5, 5.41) is 9.46. The van der Waals surface area contributed by atoms with E-state index in [1.807, 2.05) is 0 Å². The van der Waals surface area contributed by atoms with Crippen molar-refractivity contribution in [2.45, 2.75) is 168 Å². The number of hydrogen-bond donors (Lipinski definition) is 1. The van der Waals surface area contributed by atoms with Crippen LogP contribution in [0.3, 0.4) is 0 Å². The van der Waals surface area contributed by atoms with E-state index in [0.29, 0.717) is 12.8 Å². The van der Waals surface area contributed by atoms with Crippen LogP contribution in [0.5, 0.6) is 0 Å². The molecule has 1 atom stereocenters. The van der Waals surface area contributed by atoms with Gasteiger partial charge in [0, 0.05) is 12.8 Å². The van der Waals surface area contributed by atoms with E-state index < -0.39 is 6.10 Å². The number of esters is 2. The van der Waals surface area contributed by atoms with E-state index in [9.17, 15) is 14.7 Å². The molecule has 0 aromatic rings. The fraction of sp³-hybridized carbons (Fsp3) is 0.875. The molecule has 5 heteroatoms. The number of hydrogen-bond acceptors (Lipinski definition) is 5. The predicted molar refractivity (Wildman–Crippen MR) is 155 cm³/mol. The molecule has 0 bridgehead atoms. The van der Waals surface area contributed by atoms with Crippen molar-refractivity contribution in [3.05, 3.63) is 12.2 Å². The molecule has 0 spiro atoms. The zero-order valence-corrected chi connectivity index (χ0v) is 24.5. The standard InChI is InChI=1S/C32H60O5/c1-3-5-7-9-11-13-15-17-19-21-23-25-27-32(35)37-30(28-33)29-36-31(34)26-24-22-20-18-16-14-12-10-8-6-4-2/h11,13,30,33H,3-10,12,14-29H2,1-2H3/b13-11+/t30-/m0/s1. The smallest absolute Gasteiger partial charge is 0.306 e. The minimum Gasteiger partial charge on any atom is -0.462 e. The molecular formula is C32H60O5. The summed E-state index contributed by atoms with van der Waals surface area (Å²) < 4.78 is 10.5. The zero-order chi connectivity index (χ0) is 27.2. The van der Waals surface area contributed by atoms with E-state index in [1.165, 1.54) is 89.9 Å². The second kappa shape index (κ2) is 29.2. The van der Waals surface area contributed by atoms with Crippen LogP contribution in [0.15, 0.2) is 12.2 Å². The number of aliphatic hydroxyl groups is 1. The molecule has 5 nitrogen and oxygen atoms in total. The molecule has 0 saturated heterocycles. The molecule has 0 heterocycles. The van der Waals surface area contributed by atoms with E-state index in [1.54, 1.807) is 0 Å². The molecule has 0 aliphatic rings. The summed E-state index contributed by atoms with van der Waals surface area (Å²) in [6.07, 6.45) is 29.7. The highest BCUT2D eigenvalue weighted by Crippen LogP contribution is 2.13. The monoisotopic (exact) mass is 524 g/mol. The van der Waals surface area contributed by atoms with Crippen molar-refractivity contribution >= 4 is 11.9 Å². The molecule has 0 aliphatic heterocycles. The predicted octanol–water partition coefficient (Wildman–Crippen LogP) is 9.00. The molecule has 0 aliphatic carbocycles.